The quantitative estimate of drug-likeness (QED) is 0.233. The number of nitrogens with zero attached hydrogens (tertiary/aromatic N) is 5. The van der Waals surface area contributed by atoms with Gasteiger partial charge in [0.2, 0.25) is 0 Å². The van der Waals surface area contributed by atoms with Crippen LogP contribution in [0, 0.1) is 6.92 Å². The Morgan fingerprint density at radius 2 is 1.83 bits per heavy atom. The van der Waals surface area contributed by atoms with Gasteiger partial charge < -0.3 is 15.8 Å². The molecule has 5 rings (SSSR count). The highest BCUT2D eigenvalue weighted by molar-refractivity contribution is 7.21. The van der Waals surface area contributed by atoms with Crippen LogP contribution in [0.2, 0.25) is 0 Å². The van der Waals surface area contributed by atoms with Gasteiger partial charge in [0, 0.05) is 30.4 Å². The van der Waals surface area contributed by atoms with Crippen LogP contribution in [0.1, 0.15) is 64.3 Å². The van der Waals surface area contributed by atoms with E-state index in [1.165, 1.54) is 22.4 Å². The summed E-state index contributed by atoms with van der Waals surface area (Å²) >= 11 is 0.829. The SMILES string of the molecule is Cc1nn(C)cc1-c1cc(C(F)F)nc2sc(C(N)=O)c(NC(=O)c3ccn(COc4ccc(C(C)(C)C)cc4)n3)c12. The minimum atomic E-state index is -2.86. The van der Waals surface area contributed by atoms with E-state index in [0.29, 0.717) is 28.0 Å². The van der Waals surface area contributed by atoms with Crippen molar-refractivity contribution in [2.45, 2.75) is 46.3 Å². The molecule has 0 aliphatic rings. The van der Waals surface area contributed by atoms with Crippen LogP contribution in [-0.2, 0) is 19.2 Å². The van der Waals surface area contributed by atoms with Gasteiger partial charge >= 0.3 is 0 Å². The number of hydrogen-bond acceptors (Lipinski definition) is 7. The van der Waals surface area contributed by atoms with E-state index in [9.17, 15) is 18.4 Å². The standard InChI is InChI=1S/C29H29F2N7O3S/c1-15-19(13-37(5)35-15)18-12-21(25(30)31)33-28-22(18)23(24(42-28)26(32)39)34-27(40)20-10-11-38(36-20)14-41-17-8-6-16(7-9-17)29(2,3)4/h6-13,25H,14H2,1-5H3,(H2,32,39)(H,34,40). The molecule has 0 fully saturated rings. The van der Waals surface area contributed by atoms with Gasteiger partial charge in [-0.1, -0.05) is 32.9 Å². The molecule has 0 spiro atoms. The number of nitrogens with one attached hydrogen (secondary N) is 1. The molecular formula is C29H29F2N7O3S. The lowest BCUT2D eigenvalue weighted by molar-refractivity contribution is 0.100. The largest absolute Gasteiger partial charge is 0.471 e. The number of halogens is 2. The predicted octanol–water partition coefficient (Wildman–Crippen LogP) is 5.82. The number of nitrogens with two attached hydrogens (primary N) is 1. The van der Waals surface area contributed by atoms with E-state index in [2.05, 4.69) is 41.3 Å². The van der Waals surface area contributed by atoms with Crippen LogP contribution in [0.15, 0.2) is 48.8 Å². The lowest BCUT2D eigenvalue weighted by atomic mass is 9.87. The summed E-state index contributed by atoms with van der Waals surface area (Å²) in [7, 11) is 1.70. The molecule has 4 aromatic heterocycles. The lowest BCUT2D eigenvalue weighted by Gasteiger charge is -2.19. The predicted molar refractivity (Wildman–Crippen MR) is 156 cm³/mol. The highest BCUT2D eigenvalue weighted by atomic mass is 32.1. The van der Waals surface area contributed by atoms with Crippen molar-refractivity contribution in [3.05, 3.63) is 76.3 Å². The molecule has 3 N–H and O–H groups in total. The van der Waals surface area contributed by atoms with Crippen molar-refractivity contribution in [2.75, 3.05) is 5.32 Å². The van der Waals surface area contributed by atoms with Gasteiger partial charge in [-0.3, -0.25) is 14.3 Å². The fourth-order valence-electron chi connectivity index (χ4n) is 4.52. The minimum Gasteiger partial charge on any atom is -0.471 e. The highest BCUT2D eigenvalue weighted by Crippen LogP contribution is 2.43. The molecule has 1 aromatic carbocycles. The third-order valence-corrected chi connectivity index (χ3v) is 7.73. The molecule has 0 unspecified atom stereocenters. The number of aryl methyl sites for hydroxylation is 2. The Morgan fingerprint density at radius 3 is 2.43 bits per heavy atom. The van der Waals surface area contributed by atoms with Crippen LogP contribution in [0.3, 0.4) is 0 Å². The van der Waals surface area contributed by atoms with E-state index in [-0.39, 0.29) is 33.2 Å². The number of benzene rings is 1. The van der Waals surface area contributed by atoms with Gasteiger partial charge in [-0.05, 0) is 47.7 Å². The molecule has 10 nitrogen and oxygen atoms in total. The molecule has 2 amide bonds. The van der Waals surface area contributed by atoms with E-state index < -0.39 is 23.9 Å². The van der Waals surface area contributed by atoms with Gasteiger partial charge in [-0.2, -0.15) is 10.2 Å². The third-order valence-electron chi connectivity index (χ3n) is 6.63. The van der Waals surface area contributed by atoms with Crippen LogP contribution in [0.5, 0.6) is 5.75 Å². The van der Waals surface area contributed by atoms with Crippen LogP contribution in [0.25, 0.3) is 21.3 Å². The van der Waals surface area contributed by atoms with Crippen molar-refractivity contribution in [1.29, 1.82) is 0 Å². The van der Waals surface area contributed by atoms with Gasteiger partial charge in [-0.15, -0.1) is 11.3 Å². The van der Waals surface area contributed by atoms with Crippen LogP contribution < -0.4 is 15.8 Å². The van der Waals surface area contributed by atoms with Crippen molar-refractivity contribution in [3.8, 4) is 16.9 Å². The second kappa shape index (κ2) is 11.0. The van der Waals surface area contributed by atoms with E-state index >= 15 is 0 Å². The third kappa shape index (κ3) is 5.73. The summed E-state index contributed by atoms with van der Waals surface area (Å²) in [5, 5.41) is 11.6. The first kappa shape index (κ1) is 28.9. The van der Waals surface area contributed by atoms with E-state index in [0.717, 1.165) is 11.3 Å². The highest BCUT2D eigenvalue weighted by Gasteiger charge is 2.27. The first-order chi connectivity index (χ1) is 19.8. The maximum absolute atomic E-state index is 13.8. The molecule has 0 aliphatic carbocycles. The number of carbonyl (C=O) groups excluding carboxylic acids is 2. The molecule has 5 aromatic rings. The first-order valence-electron chi connectivity index (χ1n) is 13.0. The summed E-state index contributed by atoms with van der Waals surface area (Å²) in [6.45, 7) is 8.17. The summed E-state index contributed by atoms with van der Waals surface area (Å²) in [5.74, 6) is -0.816. The van der Waals surface area contributed by atoms with Crippen molar-refractivity contribution in [3.63, 3.8) is 0 Å². The average Bonchev–Trinajstić information content (AvgIpc) is 3.63. The molecular weight excluding hydrogens is 564 g/mol. The zero-order valence-electron chi connectivity index (χ0n) is 23.6. The number of hydrogen-bond donors (Lipinski definition) is 2. The molecule has 0 saturated heterocycles. The summed E-state index contributed by atoms with van der Waals surface area (Å²) in [5.41, 5.74) is 7.94. The normalized spacial score (nSPS) is 11.8. The van der Waals surface area contributed by atoms with Crippen molar-refractivity contribution in [1.82, 2.24) is 24.5 Å². The average molecular weight is 594 g/mol. The summed E-state index contributed by atoms with van der Waals surface area (Å²) in [6.07, 6.45) is 0.398. The number of ether oxygens (including phenoxy) is 1. The first-order valence-corrected chi connectivity index (χ1v) is 13.8. The zero-order valence-corrected chi connectivity index (χ0v) is 24.4. The Morgan fingerprint density at radius 1 is 1.12 bits per heavy atom. The molecule has 0 radical (unpaired) electrons. The van der Waals surface area contributed by atoms with Gasteiger partial charge in [-0.25, -0.2) is 18.4 Å². The van der Waals surface area contributed by atoms with Crippen LogP contribution in [-0.4, -0.2) is 36.4 Å². The Balaban J connectivity index is 1.45. The number of rotatable bonds is 8. The second-order valence-corrected chi connectivity index (χ2v) is 11.8. The van der Waals surface area contributed by atoms with Gasteiger partial charge in [0.25, 0.3) is 18.2 Å². The van der Waals surface area contributed by atoms with Crippen molar-refractivity contribution < 1.29 is 23.1 Å². The van der Waals surface area contributed by atoms with Gasteiger partial charge in [0.05, 0.1) is 11.4 Å². The number of amides is 2. The molecule has 0 aliphatic heterocycles. The number of anilines is 1. The number of aromatic nitrogens is 5. The summed E-state index contributed by atoms with van der Waals surface area (Å²) < 4.78 is 36.3. The molecule has 4 heterocycles. The number of alkyl halides is 2. The fraction of sp³-hybridized carbons (Fsp3) is 0.276. The van der Waals surface area contributed by atoms with Crippen molar-refractivity contribution in [2.24, 2.45) is 12.8 Å². The zero-order chi connectivity index (χ0) is 30.3. The molecule has 42 heavy (non-hydrogen) atoms. The van der Waals surface area contributed by atoms with E-state index in [1.54, 1.807) is 31.0 Å². The Bertz CT molecular complexity index is 1800. The van der Waals surface area contributed by atoms with Crippen LogP contribution in [0.4, 0.5) is 14.5 Å². The Kier molecular flexibility index (Phi) is 7.54. The van der Waals surface area contributed by atoms with E-state index in [4.69, 9.17) is 10.5 Å². The summed E-state index contributed by atoms with van der Waals surface area (Å²) in [4.78, 5) is 29.9. The smallest absolute Gasteiger partial charge is 0.280 e. The van der Waals surface area contributed by atoms with Crippen molar-refractivity contribution >= 4 is 39.1 Å². The van der Waals surface area contributed by atoms with E-state index in [1.807, 2.05) is 24.3 Å². The number of fused-ring (bicyclic) bond motifs is 1. The maximum atomic E-state index is 13.8. The Labute approximate surface area is 244 Å². The Hall–Kier alpha value is -4.65. The molecule has 0 saturated carbocycles. The lowest BCUT2D eigenvalue weighted by Crippen LogP contribution is -2.18. The topological polar surface area (TPSA) is 130 Å². The molecule has 218 valence electrons. The monoisotopic (exact) mass is 593 g/mol. The van der Waals surface area contributed by atoms with Gasteiger partial charge in [0.15, 0.2) is 12.4 Å². The molecule has 13 heteroatoms. The number of carbonyl (C=O) groups is 2. The number of primary amides is 1. The fourth-order valence-corrected chi connectivity index (χ4v) is 5.54. The second-order valence-electron chi connectivity index (χ2n) is 10.8. The number of pyridine rings is 1. The minimum absolute atomic E-state index is 0.0176. The number of thiophene rings is 1. The summed E-state index contributed by atoms with van der Waals surface area (Å²) in [6, 6.07) is 10.5. The van der Waals surface area contributed by atoms with Crippen LogP contribution >= 0.6 is 11.3 Å². The molecule has 0 bridgehead atoms. The molecule has 0 atom stereocenters. The van der Waals surface area contributed by atoms with Gasteiger partial charge in [0.1, 0.15) is 21.2 Å². The maximum Gasteiger partial charge on any atom is 0.280 e.